The van der Waals surface area contributed by atoms with Crippen LogP contribution in [0.3, 0.4) is 0 Å². The lowest BCUT2D eigenvalue weighted by molar-refractivity contribution is 0.125. The average molecular weight is 246 g/mol. The van der Waals surface area contributed by atoms with Crippen molar-refractivity contribution in [2.45, 2.75) is 51.6 Å². The Hall–Kier alpha value is -1.08. The van der Waals surface area contributed by atoms with Gasteiger partial charge in [0.15, 0.2) is 0 Å². The number of rotatable bonds is 9. The molecule has 1 heteroatoms. The fraction of sp³-hybridized carbons (Fsp3) is 0.529. The molecule has 0 unspecified atom stereocenters. The molecule has 1 aromatic rings. The molecular formula is C17H26O. The summed E-state index contributed by atoms with van der Waals surface area (Å²) >= 11 is 0. The summed E-state index contributed by atoms with van der Waals surface area (Å²) in [5.41, 5.74) is 0.996. The van der Waals surface area contributed by atoms with Crippen molar-refractivity contribution in [2.75, 3.05) is 0 Å². The lowest BCUT2D eigenvalue weighted by Crippen LogP contribution is -2.10. The van der Waals surface area contributed by atoms with Gasteiger partial charge in [-0.25, -0.2) is 0 Å². The molecule has 0 fully saturated rings. The third-order valence-electron chi connectivity index (χ3n) is 3.49. The summed E-state index contributed by atoms with van der Waals surface area (Å²) in [6.45, 7) is 6.09. The minimum atomic E-state index is -0.408. The van der Waals surface area contributed by atoms with Gasteiger partial charge in [-0.05, 0) is 12.0 Å². The second kappa shape index (κ2) is 8.93. The largest absolute Gasteiger partial charge is 0.388 e. The van der Waals surface area contributed by atoms with Crippen molar-refractivity contribution in [3.63, 3.8) is 0 Å². The maximum absolute atomic E-state index is 10.3. The van der Waals surface area contributed by atoms with Crippen LogP contribution in [0.5, 0.6) is 0 Å². The first-order valence-electron chi connectivity index (χ1n) is 7.15. The third kappa shape index (κ3) is 5.05. The molecule has 1 rings (SSSR count). The van der Waals surface area contributed by atoms with Crippen LogP contribution < -0.4 is 0 Å². The summed E-state index contributed by atoms with van der Waals surface area (Å²) in [5.74, 6) is 0.175. The molecule has 0 saturated heterocycles. The van der Waals surface area contributed by atoms with Gasteiger partial charge in [0.25, 0.3) is 0 Å². The Labute approximate surface area is 112 Å². The first kappa shape index (κ1) is 15.0. The SMILES string of the molecule is C=C[C@@H](CCCCCCC)[C@@H](O)c1ccccc1. The Morgan fingerprint density at radius 1 is 1.11 bits per heavy atom. The van der Waals surface area contributed by atoms with Crippen LogP contribution in [-0.2, 0) is 0 Å². The Balaban J connectivity index is 2.38. The first-order chi connectivity index (χ1) is 8.79. The van der Waals surface area contributed by atoms with E-state index in [9.17, 15) is 5.11 Å². The highest BCUT2D eigenvalue weighted by Gasteiger charge is 2.16. The molecule has 0 heterocycles. The summed E-state index contributed by atoms with van der Waals surface area (Å²) in [7, 11) is 0. The van der Waals surface area contributed by atoms with Crippen molar-refractivity contribution in [2.24, 2.45) is 5.92 Å². The Bertz CT molecular complexity index is 318. The number of hydrogen-bond acceptors (Lipinski definition) is 1. The molecule has 0 aliphatic heterocycles. The van der Waals surface area contributed by atoms with Gasteiger partial charge in [0, 0.05) is 5.92 Å². The molecule has 1 N–H and O–H groups in total. The van der Waals surface area contributed by atoms with Crippen LogP contribution >= 0.6 is 0 Å². The summed E-state index contributed by atoms with van der Waals surface area (Å²) in [5, 5.41) is 10.3. The predicted molar refractivity (Wildman–Crippen MR) is 78.5 cm³/mol. The van der Waals surface area contributed by atoms with Crippen LogP contribution in [0.4, 0.5) is 0 Å². The third-order valence-corrected chi connectivity index (χ3v) is 3.49. The summed E-state index contributed by atoms with van der Waals surface area (Å²) in [6.07, 6.45) is 8.87. The normalized spacial score (nSPS) is 14.1. The second-order valence-corrected chi connectivity index (χ2v) is 4.96. The molecule has 0 radical (unpaired) electrons. The van der Waals surface area contributed by atoms with Gasteiger partial charge >= 0.3 is 0 Å². The van der Waals surface area contributed by atoms with E-state index in [0.717, 1.165) is 12.0 Å². The van der Waals surface area contributed by atoms with Crippen molar-refractivity contribution >= 4 is 0 Å². The molecule has 0 spiro atoms. The zero-order valence-corrected chi connectivity index (χ0v) is 11.5. The minimum Gasteiger partial charge on any atom is -0.388 e. The number of aliphatic hydroxyl groups is 1. The topological polar surface area (TPSA) is 20.2 Å². The maximum Gasteiger partial charge on any atom is 0.0852 e. The number of hydrogen-bond donors (Lipinski definition) is 1. The van der Waals surface area contributed by atoms with Gasteiger partial charge in [0.05, 0.1) is 6.10 Å². The molecule has 0 bridgehead atoms. The van der Waals surface area contributed by atoms with E-state index in [-0.39, 0.29) is 5.92 Å². The highest BCUT2D eigenvalue weighted by molar-refractivity contribution is 5.19. The summed E-state index contributed by atoms with van der Waals surface area (Å²) < 4.78 is 0. The van der Waals surface area contributed by atoms with E-state index >= 15 is 0 Å². The van der Waals surface area contributed by atoms with Crippen molar-refractivity contribution in [1.29, 1.82) is 0 Å². The van der Waals surface area contributed by atoms with E-state index in [0.29, 0.717) is 0 Å². The van der Waals surface area contributed by atoms with Crippen molar-refractivity contribution in [1.82, 2.24) is 0 Å². The Morgan fingerprint density at radius 3 is 2.39 bits per heavy atom. The van der Waals surface area contributed by atoms with Crippen LogP contribution in [0.1, 0.15) is 57.1 Å². The Morgan fingerprint density at radius 2 is 1.78 bits per heavy atom. The summed E-state index contributed by atoms with van der Waals surface area (Å²) in [6, 6.07) is 9.89. The van der Waals surface area contributed by atoms with E-state index in [4.69, 9.17) is 0 Å². The Kier molecular flexibility index (Phi) is 7.43. The van der Waals surface area contributed by atoms with Crippen molar-refractivity contribution in [3.05, 3.63) is 48.6 Å². The zero-order valence-electron chi connectivity index (χ0n) is 11.5. The quantitative estimate of drug-likeness (QED) is 0.486. The van der Waals surface area contributed by atoms with Gasteiger partial charge in [-0.1, -0.05) is 75.4 Å². The zero-order chi connectivity index (χ0) is 13.2. The molecule has 0 aliphatic carbocycles. The van der Waals surface area contributed by atoms with E-state index in [1.165, 1.54) is 32.1 Å². The minimum absolute atomic E-state index is 0.175. The van der Waals surface area contributed by atoms with Gasteiger partial charge in [0.1, 0.15) is 0 Å². The van der Waals surface area contributed by atoms with E-state index in [2.05, 4.69) is 13.5 Å². The van der Waals surface area contributed by atoms with Crippen LogP contribution in [-0.4, -0.2) is 5.11 Å². The van der Waals surface area contributed by atoms with E-state index < -0.39 is 6.10 Å². The van der Waals surface area contributed by atoms with Gasteiger partial charge in [-0.15, -0.1) is 6.58 Å². The standard InChI is InChI=1S/C17H26O/c1-3-5-6-7-9-12-15(4-2)17(18)16-13-10-8-11-14-16/h4,8,10-11,13-15,17-18H,2-3,5-7,9,12H2,1H3/t15-,17+/m0/s1. The molecular weight excluding hydrogens is 220 g/mol. The maximum atomic E-state index is 10.3. The number of aliphatic hydroxyl groups excluding tert-OH is 1. The van der Waals surface area contributed by atoms with Crippen molar-refractivity contribution < 1.29 is 5.11 Å². The van der Waals surface area contributed by atoms with Crippen LogP contribution in [0.15, 0.2) is 43.0 Å². The van der Waals surface area contributed by atoms with Gasteiger partial charge in [-0.3, -0.25) is 0 Å². The lowest BCUT2D eigenvalue weighted by Gasteiger charge is -2.20. The average Bonchev–Trinajstić information content (AvgIpc) is 2.43. The molecule has 0 saturated carbocycles. The van der Waals surface area contributed by atoms with Crippen LogP contribution in [0.2, 0.25) is 0 Å². The molecule has 0 aliphatic rings. The fourth-order valence-corrected chi connectivity index (χ4v) is 2.29. The fourth-order valence-electron chi connectivity index (χ4n) is 2.29. The highest BCUT2D eigenvalue weighted by Crippen LogP contribution is 2.27. The van der Waals surface area contributed by atoms with Gasteiger partial charge < -0.3 is 5.11 Å². The molecule has 100 valence electrons. The smallest absolute Gasteiger partial charge is 0.0852 e. The van der Waals surface area contributed by atoms with E-state index in [1.807, 2.05) is 36.4 Å². The van der Waals surface area contributed by atoms with Crippen LogP contribution in [0, 0.1) is 5.92 Å². The predicted octanol–water partition coefficient (Wildman–Crippen LogP) is 4.88. The molecule has 2 atom stereocenters. The summed E-state index contributed by atoms with van der Waals surface area (Å²) in [4.78, 5) is 0. The number of benzene rings is 1. The van der Waals surface area contributed by atoms with Gasteiger partial charge in [-0.2, -0.15) is 0 Å². The first-order valence-corrected chi connectivity index (χ1v) is 7.15. The molecule has 1 nitrogen and oxygen atoms in total. The van der Waals surface area contributed by atoms with Crippen LogP contribution in [0.25, 0.3) is 0 Å². The monoisotopic (exact) mass is 246 g/mol. The molecule has 0 amide bonds. The number of unbranched alkanes of at least 4 members (excludes halogenated alkanes) is 4. The van der Waals surface area contributed by atoms with Gasteiger partial charge in [0.2, 0.25) is 0 Å². The second-order valence-electron chi connectivity index (χ2n) is 4.96. The lowest BCUT2D eigenvalue weighted by atomic mass is 9.91. The molecule has 18 heavy (non-hydrogen) atoms. The van der Waals surface area contributed by atoms with Crippen molar-refractivity contribution in [3.8, 4) is 0 Å². The van der Waals surface area contributed by atoms with E-state index in [1.54, 1.807) is 0 Å². The highest BCUT2D eigenvalue weighted by atomic mass is 16.3. The molecule has 1 aromatic carbocycles. The molecule has 0 aromatic heterocycles.